The molecule has 3 aromatic rings. The maximum Gasteiger partial charge on any atom is 0.257 e. The Morgan fingerprint density at radius 1 is 1.16 bits per heavy atom. The minimum Gasteiger partial charge on any atom is -0.497 e. The first kappa shape index (κ1) is 17.3. The van der Waals surface area contributed by atoms with E-state index in [-0.39, 0.29) is 11.0 Å². The predicted octanol–water partition coefficient (Wildman–Crippen LogP) is 4.05. The normalized spacial score (nSPS) is 10.5. The van der Waals surface area contributed by atoms with Crippen LogP contribution in [-0.4, -0.2) is 23.1 Å². The number of nitrogens with one attached hydrogen (secondary N) is 2. The number of methoxy groups -OCH3 is 1. The van der Waals surface area contributed by atoms with Gasteiger partial charge >= 0.3 is 0 Å². The molecule has 0 saturated heterocycles. The van der Waals surface area contributed by atoms with Crippen LogP contribution in [0.4, 0.5) is 5.13 Å². The maximum atomic E-state index is 12.3. The number of ether oxygens (including phenoxy) is 1. The van der Waals surface area contributed by atoms with E-state index >= 15 is 0 Å². The van der Waals surface area contributed by atoms with Crippen LogP contribution in [-0.2, 0) is 0 Å². The zero-order valence-corrected chi connectivity index (χ0v) is 15.7. The molecule has 128 valence electrons. The van der Waals surface area contributed by atoms with E-state index in [9.17, 15) is 4.79 Å². The van der Waals surface area contributed by atoms with Crippen LogP contribution in [0.5, 0.6) is 5.75 Å². The van der Waals surface area contributed by atoms with Gasteiger partial charge in [-0.2, -0.15) is 0 Å². The molecule has 0 aliphatic carbocycles. The first-order valence-electron chi connectivity index (χ1n) is 7.60. The van der Waals surface area contributed by atoms with Gasteiger partial charge in [0.05, 0.1) is 17.3 Å². The van der Waals surface area contributed by atoms with E-state index in [2.05, 4.69) is 15.6 Å². The molecule has 0 unspecified atom stereocenters. The Morgan fingerprint density at radius 2 is 1.96 bits per heavy atom. The van der Waals surface area contributed by atoms with Crippen LogP contribution in [0.15, 0.2) is 36.4 Å². The third-order valence-corrected chi connectivity index (χ3v) is 4.95. The second-order valence-electron chi connectivity index (χ2n) is 5.56. The molecular formula is C18H17N3O2S2. The standard InChI is InChI=1S/C18H17N3O2S2/c1-10-4-5-12(8-11(10)2)16(22)20-17(24)21-18-19-14-7-6-13(23-3)9-15(14)25-18/h4-9H,1-3H3,(H2,19,20,21,22,24). The smallest absolute Gasteiger partial charge is 0.257 e. The third kappa shape index (κ3) is 3.94. The quantitative estimate of drug-likeness (QED) is 0.680. The van der Waals surface area contributed by atoms with E-state index < -0.39 is 0 Å². The molecule has 2 N–H and O–H groups in total. The van der Waals surface area contributed by atoms with Crippen molar-refractivity contribution in [2.75, 3.05) is 12.4 Å². The van der Waals surface area contributed by atoms with Gasteiger partial charge < -0.3 is 10.1 Å². The average molecular weight is 371 g/mol. The van der Waals surface area contributed by atoms with Crippen molar-refractivity contribution >= 4 is 49.9 Å². The molecular weight excluding hydrogens is 354 g/mol. The number of hydrogen-bond donors (Lipinski definition) is 2. The molecule has 1 amide bonds. The van der Waals surface area contributed by atoms with Gasteiger partial charge in [0.15, 0.2) is 10.2 Å². The molecule has 1 aromatic heterocycles. The van der Waals surface area contributed by atoms with Crippen molar-refractivity contribution in [3.63, 3.8) is 0 Å². The first-order chi connectivity index (χ1) is 12.0. The lowest BCUT2D eigenvalue weighted by Gasteiger charge is -2.08. The summed E-state index contributed by atoms with van der Waals surface area (Å²) in [5, 5.41) is 6.48. The van der Waals surface area contributed by atoms with Crippen molar-refractivity contribution < 1.29 is 9.53 Å². The number of nitrogens with zero attached hydrogens (tertiary/aromatic N) is 1. The first-order valence-corrected chi connectivity index (χ1v) is 8.83. The number of amides is 1. The summed E-state index contributed by atoms with van der Waals surface area (Å²) >= 11 is 6.66. The lowest BCUT2D eigenvalue weighted by molar-refractivity contribution is 0.0977. The SMILES string of the molecule is COc1ccc2nc(NC(=S)NC(=O)c3ccc(C)c(C)c3)sc2c1. The van der Waals surface area contributed by atoms with Crippen LogP contribution in [0.25, 0.3) is 10.2 Å². The number of thiazole rings is 1. The molecule has 25 heavy (non-hydrogen) atoms. The summed E-state index contributed by atoms with van der Waals surface area (Å²) in [6.45, 7) is 3.98. The number of carbonyl (C=O) groups excluding carboxylic acids is 1. The summed E-state index contributed by atoms with van der Waals surface area (Å²) in [4.78, 5) is 16.7. The number of hydrogen-bond acceptors (Lipinski definition) is 5. The molecule has 0 aliphatic heterocycles. The van der Waals surface area contributed by atoms with Crippen LogP contribution >= 0.6 is 23.6 Å². The second-order valence-corrected chi connectivity index (χ2v) is 7.00. The topological polar surface area (TPSA) is 63.2 Å². The lowest BCUT2D eigenvalue weighted by atomic mass is 10.1. The number of aryl methyl sites for hydroxylation is 2. The Hall–Kier alpha value is -2.51. The van der Waals surface area contributed by atoms with Crippen LogP contribution in [0, 0.1) is 13.8 Å². The van der Waals surface area contributed by atoms with Crippen LogP contribution < -0.4 is 15.4 Å². The van der Waals surface area contributed by atoms with Gasteiger partial charge in [-0.05, 0) is 67.5 Å². The lowest BCUT2D eigenvalue weighted by Crippen LogP contribution is -2.34. The van der Waals surface area contributed by atoms with Gasteiger partial charge in [0.1, 0.15) is 5.75 Å². The molecule has 0 radical (unpaired) electrons. The Morgan fingerprint density at radius 3 is 2.68 bits per heavy atom. The summed E-state index contributed by atoms with van der Waals surface area (Å²) in [5.74, 6) is 0.525. The summed E-state index contributed by atoms with van der Waals surface area (Å²) in [5.41, 5.74) is 3.62. The van der Waals surface area contributed by atoms with E-state index in [1.165, 1.54) is 11.3 Å². The highest BCUT2D eigenvalue weighted by Crippen LogP contribution is 2.29. The average Bonchev–Trinajstić information content (AvgIpc) is 2.97. The van der Waals surface area contributed by atoms with Gasteiger partial charge in [0, 0.05) is 5.56 Å². The number of fused-ring (bicyclic) bond motifs is 1. The van der Waals surface area contributed by atoms with Crippen molar-refractivity contribution in [1.82, 2.24) is 10.3 Å². The predicted molar refractivity (Wildman–Crippen MR) is 106 cm³/mol. The van der Waals surface area contributed by atoms with Crippen molar-refractivity contribution in [2.45, 2.75) is 13.8 Å². The minimum atomic E-state index is -0.247. The summed E-state index contributed by atoms with van der Waals surface area (Å²) in [6.07, 6.45) is 0. The highest BCUT2D eigenvalue weighted by Gasteiger charge is 2.11. The Bertz CT molecular complexity index is 966. The van der Waals surface area contributed by atoms with E-state index in [0.29, 0.717) is 10.7 Å². The van der Waals surface area contributed by atoms with Crippen LogP contribution in [0.2, 0.25) is 0 Å². The monoisotopic (exact) mass is 371 g/mol. The van der Waals surface area contributed by atoms with Crippen molar-refractivity contribution in [1.29, 1.82) is 0 Å². The number of rotatable bonds is 3. The van der Waals surface area contributed by atoms with Crippen molar-refractivity contribution in [2.24, 2.45) is 0 Å². The fourth-order valence-electron chi connectivity index (χ4n) is 2.27. The van der Waals surface area contributed by atoms with Gasteiger partial charge in [-0.25, -0.2) is 4.98 Å². The fourth-order valence-corrected chi connectivity index (χ4v) is 3.42. The van der Waals surface area contributed by atoms with E-state index in [1.54, 1.807) is 13.2 Å². The number of thiocarbonyl (C=S) groups is 1. The molecule has 3 rings (SSSR count). The van der Waals surface area contributed by atoms with Gasteiger partial charge in [-0.1, -0.05) is 17.4 Å². The van der Waals surface area contributed by atoms with Crippen molar-refractivity contribution in [3.05, 3.63) is 53.1 Å². The molecule has 1 heterocycles. The van der Waals surface area contributed by atoms with E-state index in [1.807, 2.05) is 44.2 Å². The summed E-state index contributed by atoms with van der Waals surface area (Å²) < 4.78 is 6.18. The molecule has 7 heteroatoms. The Kier molecular flexibility index (Phi) is 4.96. The van der Waals surface area contributed by atoms with Gasteiger partial charge in [-0.3, -0.25) is 10.1 Å². The highest BCUT2D eigenvalue weighted by atomic mass is 32.1. The molecule has 5 nitrogen and oxygen atoms in total. The molecule has 0 atom stereocenters. The van der Waals surface area contributed by atoms with Crippen LogP contribution in [0.3, 0.4) is 0 Å². The molecule has 0 bridgehead atoms. The molecule has 0 saturated carbocycles. The molecule has 0 aliphatic rings. The summed E-state index contributed by atoms with van der Waals surface area (Å²) in [7, 11) is 1.62. The maximum absolute atomic E-state index is 12.3. The van der Waals surface area contributed by atoms with Crippen molar-refractivity contribution in [3.8, 4) is 5.75 Å². The van der Waals surface area contributed by atoms with Crippen LogP contribution in [0.1, 0.15) is 21.5 Å². The van der Waals surface area contributed by atoms with Gasteiger partial charge in [-0.15, -0.1) is 0 Å². The third-order valence-electron chi connectivity index (χ3n) is 3.81. The van der Waals surface area contributed by atoms with Gasteiger partial charge in [0.25, 0.3) is 5.91 Å². The zero-order chi connectivity index (χ0) is 18.0. The number of aromatic nitrogens is 1. The number of carbonyl (C=O) groups is 1. The Balaban J connectivity index is 1.69. The highest BCUT2D eigenvalue weighted by molar-refractivity contribution is 7.80. The second kappa shape index (κ2) is 7.16. The largest absolute Gasteiger partial charge is 0.497 e. The summed E-state index contributed by atoms with van der Waals surface area (Å²) in [6, 6.07) is 11.2. The minimum absolute atomic E-state index is 0.217. The van der Waals surface area contributed by atoms with Gasteiger partial charge in [0.2, 0.25) is 0 Å². The fraction of sp³-hybridized carbons (Fsp3) is 0.167. The molecule has 2 aromatic carbocycles. The zero-order valence-electron chi connectivity index (χ0n) is 14.0. The molecule has 0 fully saturated rings. The molecule has 0 spiro atoms. The number of benzene rings is 2. The Labute approximate surface area is 155 Å². The number of anilines is 1. The van der Waals surface area contributed by atoms with E-state index in [4.69, 9.17) is 17.0 Å². The van der Waals surface area contributed by atoms with E-state index in [0.717, 1.165) is 27.1 Å².